The second kappa shape index (κ2) is 5.80. The van der Waals surface area contributed by atoms with Crippen LogP contribution in [0.25, 0.3) is 5.69 Å². The highest BCUT2D eigenvalue weighted by atomic mass is 35.5. The fraction of sp³-hybridized carbons (Fsp3) is 0. The molecule has 0 saturated carbocycles. The molecule has 2 aromatic rings. The molecule has 2 N–H and O–H groups in total. The van der Waals surface area contributed by atoms with Crippen molar-refractivity contribution < 1.29 is 0 Å². The summed E-state index contributed by atoms with van der Waals surface area (Å²) in [5.41, 5.74) is 6.84. The minimum atomic E-state index is 0. The van der Waals surface area contributed by atoms with E-state index in [2.05, 4.69) is 10.1 Å². The van der Waals surface area contributed by atoms with Gasteiger partial charge < -0.3 is 5.73 Å². The molecule has 0 saturated heterocycles. The topological polar surface area (TPSA) is 56.7 Å². The first-order chi connectivity index (χ1) is 6.27. The maximum absolute atomic E-state index is 5.70. The first-order valence-corrected chi connectivity index (χ1v) is 4.06. The van der Waals surface area contributed by atoms with Crippen molar-refractivity contribution in [3.63, 3.8) is 0 Å². The van der Waals surface area contributed by atoms with Gasteiger partial charge in [0.1, 0.15) is 0 Å². The number of nitrogen functional groups attached to an aromatic ring is 1. The SMILES string of the molecule is Cl.Cl.Nc1cn(-c2cccnc2)nc1Cl. The van der Waals surface area contributed by atoms with Gasteiger partial charge in [-0.25, -0.2) is 4.68 Å². The lowest BCUT2D eigenvalue weighted by Gasteiger charge is -1.97. The molecule has 0 fully saturated rings. The smallest absolute Gasteiger partial charge is 0.174 e. The molecule has 0 bridgehead atoms. The van der Waals surface area contributed by atoms with Crippen LogP contribution in [0.1, 0.15) is 0 Å². The molecular weight excluding hydrogens is 258 g/mol. The molecule has 0 amide bonds. The Kier molecular flexibility index (Phi) is 5.43. The largest absolute Gasteiger partial charge is 0.395 e. The van der Waals surface area contributed by atoms with Crippen molar-refractivity contribution in [2.75, 3.05) is 5.73 Å². The van der Waals surface area contributed by atoms with E-state index < -0.39 is 0 Å². The first kappa shape index (κ1) is 14.0. The Balaban J connectivity index is 0.000000980. The van der Waals surface area contributed by atoms with Gasteiger partial charge in [0.25, 0.3) is 0 Å². The van der Waals surface area contributed by atoms with Crippen molar-refractivity contribution >= 4 is 42.1 Å². The third-order valence-corrected chi connectivity index (χ3v) is 1.90. The Labute approximate surface area is 104 Å². The van der Waals surface area contributed by atoms with Gasteiger partial charge in [-0.15, -0.1) is 24.8 Å². The highest BCUT2D eigenvalue weighted by molar-refractivity contribution is 6.31. The third kappa shape index (κ3) is 2.99. The highest BCUT2D eigenvalue weighted by Gasteiger charge is 2.03. The van der Waals surface area contributed by atoms with Crippen LogP contribution in [0, 0.1) is 0 Å². The number of hydrogen-bond donors (Lipinski definition) is 1. The third-order valence-electron chi connectivity index (χ3n) is 1.61. The van der Waals surface area contributed by atoms with Crippen molar-refractivity contribution in [1.82, 2.24) is 14.8 Å². The number of halogens is 3. The molecule has 0 spiro atoms. The maximum Gasteiger partial charge on any atom is 0.174 e. The van der Waals surface area contributed by atoms with E-state index in [1.165, 1.54) is 0 Å². The monoisotopic (exact) mass is 266 g/mol. The zero-order valence-corrected chi connectivity index (χ0v) is 9.89. The minimum absolute atomic E-state index is 0. The summed E-state index contributed by atoms with van der Waals surface area (Å²) in [7, 11) is 0. The zero-order valence-electron chi connectivity index (χ0n) is 7.50. The number of nitrogens with two attached hydrogens (primary N) is 1. The second-order valence-corrected chi connectivity index (χ2v) is 2.89. The van der Waals surface area contributed by atoms with Crippen molar-refractivity contribution in [3.8, 4) is 5.69 Å². The second-order valence-electron chi connectivity index (χ2n) is 2.53. The molecule has 0 atom stereocenters. The van der Waals surface area contributed by atoms with Crippen molar-refractivity contribution in [3.05, 3.63) is 35.9 Å². The fourth-order valence-electron chi connectivity index (χ4n) is 0.988. The summed E-state index contributed by atoms with van der Waals surface area (Å²) in [4.78, 5) is 3.96. The van der Waals surface area contributed by atoms with E-state index in [-0.39, 0.29) is 24.8 Å². The molecule has 2 rings (SSSR count). The molecule has 0 unspecified atom stereocenters. The van der Waals surface area contributed by atoms with Crippen molar-refractivity contribution in [2.24, 2.45) is 0 Å². The molecule has 82 valence electrons. The van der Waals surface area contributed by atoms with Crippen molar-refractivity contribution in [2.45, 2.75) is 0 Å². The summed E-state index contributed by atoms with van der Waals surface area (Å²) in [5, 5.41) is 4.31. The van der Waals surface area contributed by atoms with Gasteiger partial charge in [-0.1, -0.05) is 11.6 Å². The summed E-state index contributed by atoms with van der Waals surface area (Å²) in [6.45, 7) is 0. The number of aromatic nitrogens is 3. The molecule has 15 heavy (non-hydrogen) atoms. The van der Waals surface area contributed by atoms with Crippen LogP contribution in [-0.4, -0.2) is 14.8 Å². The van der Waals surface area contributed by atoms with E-state index in [1.54, 1.807) is 23.3 Å². The summed E-state index contributed by atoms with van der Waals surface area (Å²) < 4.78 is 1.59. The average Bonchev–Trinajstić information content (AvgIpc) is 2.49. The van der Waals surface area contributed by atoms with Gasteiger partial charge in [0.05, 0.1) is 23.8 Å². The number of hydrogen-bond acceptors (Lipinski definition) is 3. The zero-order chi connectivity index (χ0) is 9.26. The van der Waals surface area contributed by atoms with Gasteiger partial charge >= 0.3 is 0 Å². The molecule has 7 heteroatoms. The highest BCUT2D eigenvalue weighted by Crippen LogP contribution is 2.17. The van der Waals surface area contributed by atoms with Crippen molar-refractivity contribution in [1.29, 1.82) is 0 Å². The van der Waals surface area contributed by atoms with E-state index in [1.807, 2.05) is 12.1 Å². The van der Waals surface area contributed by atoms with Gasteiger partial charge in [0.15, 0.2) is 5.15 Å². The molecule has 0 aromatic carbocycles. The van der Waals surface area contributed by atoms with Gasteiger partial charge in [0.2, 0.25) is 0 Å². The summed E-state index contributed by atoms with van der Waals surface area (Å²) >= 11 is 5.70. The summed E-state index contributed by atoms with van der Waals surface area (Å²) in [6.07, 6.45) is 5.03. The Hall–Kier alpha value is -0.970. The van der Waals surface area contributed by atoms with Crippen LogP contribution in [-0.2, 0) is 0 Å². The van der Waals surface area contributed by atoms with Crippen LogP contribution in [0.3, 0.4) is 0 Å². The van der Waals surface area contributed by atoms with Gasteiger partial charge in [0, 0.05) is 6.20 Å². The van der Waals surface area contributed by atoms with Crippen LogP contribution in [0.15, 0.2) is 30.7 Å². The van der Waals surface area contributed by atoms with Crippen LogP contribution < -0.4 is 5.73 Å². The van der Waals surface area contributed by atoms with E-state index in [0.717, 1.165) is 5.69 Å². The Morgan fingerprint density at radius 3 is 2.53 bits per heavy atom. The first-order valence-electron chi connectivity index (χ1n) is 3.68. The Morgan fingerprint density at radius 2 is 2.07 bits per heavy atom. The molecule has 4 nitrogen and oxygen atoms in total. The normalized spacial score (nSPS) is 8.87. The Morgan fingerprint density at radius 1 is 1.33 bits per heavy atom. The molecule has 0 radical (unpaired) electrons. The van der Waals surface area contributed by atoms with Crippen LogP contribution in [0.5, 0.6) is 0 Å². The van der Waals surface area contributed by atoms with Crippen LogP contribution >= 0.6 is 36.4 Å². The van der Waals surface area contributed by atoms with Gasteiger partial charge in [-0.2, -0.15) is 5.10 Å². The van der Waals surface area contributed by atoms with E-state index in [4.69, 9.17) is 17.3 Å². The molecule has 2 heterocycles. The number of anilines is 1. The average molecular weight is 268 g/mol. The number of nitrogens with zero attached hydrogens (tertiary/aromatic N) is 3. The molecule has 0 aliphatic rings. The summed E-state index contributed by atoms with van der Waals surface area (Å²) in [5.74, 6) is 0. The lowest BCUT2D eigenvalue weighted by molar-refractivity contribution is 0.874. The quantitative estimate of drug-likeness (QED) is 0.863. The fourth-order valence-corrected chi connectivity index (χ4v) is 1.12. The molecular formula is C8H9Cl3N4. The lowest BCUT2D eigenvalue weighted by atomic mass is 10.4. The summed E-state index contributed by atoms with van der Waals surface area (Å²) in [6, 6.07) is 3.69. The molecule has 0 aliphatic heterocycles. The standard InChI is InChI=1S/C8H7ClN4.2ClH/c9-8-7(10)5-13(12-8)6-2-1-3-11-4-6;;/h1-5H,10H2;2*1H. The number of pyridine rings is 1. The molecule has 0 aliphatic carbocycles. The van der Waals surface area contributed by atoms with E-state index in [9.17, 15) is 0 Å². The van der Waals surface area contributed by atoms with Crippen LogP contribution in [0.2, 0.25) is 5.15 Å². The molecule has 2 aromatic heterocycles. The predicted octanol–water partition coefficient (Wildman–Crippen LogP) is 2.35. The van der Waals surface area contributed by atoms with E-state index >= 15 is 0 Å². The predicted molar refractivity (Wildman–Crippen MR) is 65.3 cm³/mol. The minimum Gasteiger partial charge on any atom is -0.395 e. The van der Waals surface area contributed by atoms with Gasteiger partial charge in [-0.05, 0) is 12.1 Å². The van der Waals surface area contributed by atoms with Crippen LogP contribution in [0.4, 0.5) is 5.69 Å². The number of rotatable bonds is 1. The Bertz CT molecular complexity index is 396. The lowest BCUT2D eigenvalue weighted by Crippen LogP contribution is -1.94. The van der Waals surface area contributed by atoms with E-state index in [0.29, 0.717) is 10.8 Å². The maximum atomic E-state index is 5.70. The van der Waals surface area contributed by atoms with Gasteiger partial charge in [-0.3, -0.25) is 4.98 Å².